The van der Waals surface area contributed by atoms with Gasteiger partial charge in [0.15, 0.2) is 0 Å². The average Bonchev–Trinajstić information content (AvgIpc) is 3.74. The summed E-state index contributed by atoms with van der Waals surface area (Å²) >= 11 is 1.85. The molecule has 8 aromatic carbocycles. The standard InChI is InChI=1S/C46H30N2OS/c1-4-16-33(17-5-1)47(34-18-6-2-7-19-34)41-27-26-40(45-38-22-12-13-23-44(38)50-46(41)45)48(35-20-8-3-9-21-35)36-24-25-37-39-28-31-14-10-11-15-32(31)29-42(39)49-43(37)30-36/h1-30H. The van der Waals surface area contributed by atoms with Crippen LogP contribution in [0.25, 0.3) is 52.9 Å². The van der Waals surface area contributed by atoms with Gasteiger partial charge < -0.3 is 14.2 Å². The zero-order valence-corrected chi connectivity index (χ0v) is 27.8. The van der Waals surface area contributed by atoms with Gasteiger partial charge in [-0.15, -0.1) is 11.3 Å². The van der Waals surface area contributed by atoms with Gasteiger partial charge in [0.25, 0.3) is 0 Å². The van der Waals surface area contributed by atoms with Crippen LogP contribution in [0.2, 0.25) is 0 Å². The number of para-hydroxylation sites is 3. The summed E-state index contributed by atoms with van der Waals surface area (Å²) in [5, 5.41) is 7.10. The molecule has 3 nitrogen and oxygen atoms in total. The molecule has 0 radical (unpaired) electrons. The van der Waals surface area contributed by atoms with Crippen LogP contribution in [0.3, 0.4) is 0 Å². The van der Waals surface area contributed by atoms with Gasteiger partial charge in [-0.3, -0.25) is 0 Å². The second-order valence-electron chi connectivity index (χ2n) is 12.6. The fourth-order valence-electron chi connectivity index (χ4n) is 7.33. The molecule has 10 aromatic rings. The van der Waals surface area contributed by atoms with Crippen LogP contribution in [0.4, 0.5) is 34.1 Å². The highest BCUT2D eigenvalue weighted by molar-refractivity contribution is 7.26. The summed E-state index contributed by atoms with van der Waals surface area (Å²) < 4.78 is 9.07. The number of anilines is 6. The van der Waals surface area contributed by atoms with Crippen molar-refractivity contribution >= 4 is 98.3 Å². The summed E-state index contributed by atoms with van der Waals surface area (Å²) in [4.78, 5) is 4.75. The maximum atomic E-state index is 6.58. The summed E-state index contributed by atoms with van der Waals surface area (Å²) in [7, 11) is 0. The first-order valence-corrected chi connectivity index (χ1v) is 17.7. The van der Waals surface area contributed by atoms with Crippen LogP contribution >= 0.6 is 11.3 Å². The molecule has 0 unspecified atom stereocenters. The van der Waals surface area contributed by atoms with Crippen molar-refractivity contribution in [3.8, 4) is 0 Å². The van der Waals surface area contributed by atoms with Crippen molar-refractivity contribution in [3.63, 3.8) is 0 Å². The van der Waals surface area contributed by atoms with Crippen LogP contribution in [-0.2, 0) is 0 Å². The van der Waals surface area contributed by atoms with Crippen molar-refractivity contribution in [2.75, 3.05) is 9.80 Å². The first-order chi connectivity index (χ1) is 24.8. The van der Waals surface area contributed by atoms with Gasteiger partial charge in [0.1, 0.15) is 11.2 Å². The monoisotopic (exact) mass is 658 g/mol. The zero-order chi connectivity index (χ0) is 33.0. The van der Waals surface area contributed by atoms with Crippen LogP contribution < -0.4 is 9.80 Å². The van der Waals surface area contributed by atoms with E-state index in [0.29, 0.717) is 0 Å². The Morgan fingerprint density at radius 1 is 0.380 bits per heavy atom. The molecule has 0 aliphatic rings. The maximum Gasteiger partial charge on any atom is 0.137 e. The Kier molecular flexibility index (Phi) is 6.68. The molecule has 0 amide bonds. The molecule has 4 heteroatoms. The van der Waals surface area contributed by atoms with Crippen molar-refractivity contribution in [1.29, 1.82) is 0 Å². The second kappa shape index (κ2) is 11.7. The van der Waals surface area contributed by atoms with Crippen molar-refractivity contribution in [2.45, 2.75) is 0 Å². The van der Waals surface area contributed by atoms with Crippen molar-refractivity contribution in [3.05, 3.63) is 182 Å². The van der Waals surface area contributed by atoms with E-state index in [0.717, 1.165) is 56.1 Å². The molecule has 0 aliphatic heterocycles. The van der Waals surface area contributed by atoms with E-state index < -0.39 is 0 Å². The van der Waals surface area contributed by atoms with E-state index in [1.165, 1.54) is 30.9 Å². The highest BCUT2D eigenvalue weighted by Gasteiger charge is 2.24. The normalized spacial score (nSPS) is 11.6. The molecule has 0 N–H and O–H groups in total. The number of thiophene rings is 1. The van der Waals surface area contributed by atoms with E-state index in [-0.39, 0.29) is 0 Å². The Labute approximate surface area is 293 Å². The van der Waals surface area contributed by atoms with E-state index in [1.54, 1.807) is 0 Å². The highest BCUT2D eigenvalue weighted by atomic mass is 32.1. The Morgan fingerprint density at radius 2 is 0.920 bits per heavy atom. The van der Waals surface area contributed by atoms with Crippen LogP contribution in [0, 0.1) is 0 Å². The zero-order valence-electron chi connectivity index (χ0n) is 27.0. The fourth-order valence-corrected chi connectivity index (χ4v) is 8.56. The van der Waals surface area contributed by atoms with Crippen molar-refractivity contribution in [2.24, 2.45) is 0 Å². The van der Waals surface area contributed by atoms with E-state index in [9.17, 15) is 0 Å². The lowest BCUT2D eigenvalue weighted by Gasteiger charge is -2.29. The van der Waals surface area contributed by atoms with E-state index in [1.807, 2.05) is 11.3 Å². The molecule has 2 heterocycles. The predicted octanol–water partition coefficient (Wildman–Crippen LogP) is 14.0. The number of benzene rings is 8. The molecular formula is C46H30N2OS. The molecule has 0 aliphatic carbocycles. The van der Waals surface area contributed by atoms with Crippen molar-refractivity contribution in [1.82, 2.24) is 0 Å². The third kappa shape index (κ3) is 4.65. The lowest BCUT2D eigenvalue weighted by atomic mass is 10.0. The van der Waals surface area contributed by atoms with E-state index >= 15 is 0 Å². The minimum absolute atomic E-state index is 0.871. The Hall–Kier alpha value is -6.36. The molecule has 0 saturated carbocycles. The van der Waals surface area contributed by atoms with Gasteiger partial charge in [-0.05, 0) is 89.6 Å². The molecule has 0 bridgehead atoms. The molecule has 0 saturated heterocycles. The van der Waals surface area contributed by atoms with Gasteiger partial charge in [-0.2, -0.15) is 0 Å². The van der Waals surface area contributed by atoms with Crippen LogP contribution in [0.1, 0.15) is 0 Å². The number of fused-ring (bicyclic) bond motifs is 7. The first kappa shape index (κ1) is 28.6. The third-order valence-corrected chi connectivity index (χ3v) is 10.8. The van der Waals surface area contributed by atoms with Crippen LogP contribution in [0.15, 0.2) is 186 Å². The topological polar surface area (TPSA) is 19.6 Å². The smallest absolute Gasteiger partial charge is 0.137 e. The molecule has 2 aromatic heterocycles. The van der Waals surface area contributed by atoms with Gasteiger partial charge in [0, 0.05) is 55.1 Å². The largest absolute Gasteiger partial charge is 0.456 e. The molecule has 236 valence electrons. The maximum absolute atomic E-state index is 6.58. The van der Waals surface area contributed by atoms with Gasteiger partial charge in [0.05, 0.1) is 16.1 Å². The summed E-state index contributed by atoms with van der Waals surface area (Å²) in [5.41, 5.74) is 8.41. The Balaban J connectivity index is 1.23. The third-order valence-electron chi connectivity index (χ3n) is 9.59. The summed E-state index contributed by atoms with van der Waals surface area (Å²) in [6.45, 7) is 0. The highest BCUT2D eigenvalue weighted by Crippen LogP contribution is 2.51. The van der Waals surface area contributed by atoms with E-state index in [2.05, 4.69) is 192 Å². The molecule has 0 fully saturated rings. The fraction of sp³-hybridized carbons (Fsp3) is 0. The number of nitrogens with zero attached hydrogens (tertiary/aromatic N) is 2. The molecule has 10 rings (SSSR count). The van der Waals surface area contributed by atoms with Gasteiger partial charge >= 0.3 is 0 Å². The molecule has 0 spiro atoms. The predicted molar refractivity (Wildman–Crippen MR) is 213 cm³/mol. The van der Waals surface area contributed by atoms with E-state index in [4.69, 9.17) is 4.42 Å². The summed E-state index contributed by atoms with van der Waals surface area (Å²) in [6, 6.07) is 64.8. The lowest BCUT2D eigenvalue weighted by molar-refractivity contribution is 0.669. The van der Waals surface area contributed by atoms with Crippen LogP contribution in [-0.4, -0.2) is 0 Å². The number of hydrogen-bond donors (Lipinski definition) is 0. The minimum Gasteiger partial charge on any atom is -0.456 e. The van der Waals surface area contributed by atoms with Gasteiger partial charge in [-0.25, -0.2) is 0 Å². The quantitative estimate of drug-likeness (QED) is 0.177. The molecule has 0 atom stereocenters. The first-order valence-electron chi connectivity index (χ1n) is 16.8. The molecular weight excluding hydrogens is 629 g/mol. The number of furan rings is 1. The van der Waals surface area contributed by atoms with Gasteiger partial charge in [-0.1, -0.05) is 97.1 Å². The lowest BCUT2D eigenvalue weighted by Crippen LogP contribution is -2.12. The summed E-state index contributed by atoms with van der Waals surface area (Å²) in [6.07, 6.45) is 0. The van der Waals surface area contributed by atoms with Crippen molar-refractivity contribution < 1.29 is 4.42 Å². The Bertz CT molecular complexity index is 2780. The number of hydrogen-bond acceptors (Lipinski definition) is 4. The summed E-state index contributed by atoms with van der Waals surface area (Å²) in [5.74, 6) is 0. The Morgan fingerprint density at radius 3 is 1.60 bits per heavy atom. The second-order valence-corrected chi connectivity index (χ2v) is 13.6. The average molecular weight is 659 g/mol. The molecule has 50 heavy (non-hydrogen) atoms. The minimum atomic E-state index is 0.871. The number of rotatable bonds is 6. The SMILES string of the molecule is c1ccc(N(c2ccccc2)c2ccc(N(c3ccccc3)c3ccc4c(c3)oc3cc5ccccc5cc34)c3c2sc2ccccc23)cc1. The van der Waals surface area contributed by atoms with Gasteiger partial charge in [0.2, 0.25) is 0 Å². The van der Waals surface area contributed by atoms with Crippen LogP contribution in [0.5, 0.6) is 0 Å².